The number of halogens is 3. The van der Waals surface area contributed by atoms with Gasteiger partial charge >= 0.3 is 0 Å². The Kier molecular flexibility index (Phi) is 5.04. The molecule has 62 valence electrons. The molecule has 4 heteroatoms. The molecule has 0 saturated heterocycles. The van der Waals surface area contributed by atoms with E-state index in [1.54, 1.807) is 6.92 Å². The van der Waals surface area contributed by atoms with Gasteiger partial charge in [0.05, 0.1) is 5.38 Å². The number of rotatable bonds is 4. The minimum Gasteiger partial charge on any atom is -0.345 e. The molecule has 0 rings (SSSR count). The minimum atomic E-state index is -1.24. The van der Waals surface area contributed by atoms with Crippen molar-refractivity contribution in [2.24, 2.45) is 0 Å². The zero-order valence-corrected chi connectivity index (χ0v) is 8.30. The SMILES string of the molecule is CCCOC(Cl)(Cl)C(C)Cl. The number of hydrogen-bond acceptors (Lipinski definition) is 1. The maximum atomic E-state index is 5.66. The van der Waals surface area contributed by atoms with E-state index >= 15 is 0 Å². The van der Waals surface area contributed by atoms with Gasteiger partial charge in [-0.1, -0.05) is 30.1 Å². The molecule has 0 aromatic rings. The second kappa shape index (κ2) is 4.66. The monoisotopic (exact) mass is 204 g/mol. The standard InChI is InChI=1S/C6H11Cl3O/c1-3-4-10-6(8,9)5(2)7/h5H,3-4H2,1-2H3. The molecule has 0 fully saturated rings. The van der Waals surface area contributed by atoms with Crippen LogP contribution in [0, 0.1) is 0 Å². The van der Waals surface area contributed by atoms with E-state index in [2.05, 4.69) is 0 Å². The van der Waals surface area contributed by atoms with Gasteiger partial charge in [0.2, 0.25) is 4.52 Å². The summed E-state index contributed by atoms with van der Waals surface area (Å²) in [7, 11) is 0. The topological polar surface area (TPSA) is 9.23 Å². The molecule has 1 nitrogen and oxygen atoms in total. The summed E-state index contributed by atoms with van der Waals surface area (Å²) in [6.45, 7) is 4.20. The van der Waals surface area contributed by atoms with Gasteiger partial charge in [-0.25, -0.2) is 0 Å². The summed E-state index contributed by atoms with van der Waals surface area (Å²) in [6, 6.07) is 0. The summed E-state index contributed by atoms with van der Waals surface area (Å²) in [4.78, 5) is 0. The smallest absolute Gasteiger partial charge is 0.233 e. The molecular formula is C6H11Cl3O. The highest BCUT2D eigenvalue weighted by atomic mass is 35.5. The summed E-state index contributed by atoms with van der Waals surface area (Å²) in [5.74, 6) is 0. The first-order chi connectivity index (χ1) is 4.50. The van der Waals surface area contributed by atoms with Gasteiger partial charge in [0.15, 0.2) is 0 Å². The van der Waals surface area contributed by atoms with Crippen molar-refractivity contribution >= 4 is 34.8 Å². The van der Waals surface area contributed by atoms with Crippen LogP contribution in [0.1, 0.15) is 20.3 Å². The van der Waals surface area contributed by atoms with Crippen LogP contribution in [0.25, 0.3) is 0 Å². The first-order valence-corrected chi connectivity index (χ1v) is 4.35. The lowest BCUT2D eigenvalue weighted by Crippen LogP contribution is -2.27. The van der Waals surface area contributed by atoms with E-state index in [0.29, 0.717) is 6.61 Å². The second-order valence-electron chi connectivity index (χ2n) is 2.03. The molecule has 0 bridgehead atoms. The Morgan fingerprint density at radius 3 is 2.30 bits per heavy atom. The first kappa shape index (κ1) is 10.8. The lowest BCUT2D eigenvalue weighted by Gasteiger charge is -2.21. The molecule has 10 heavy (non-hydrogen) atoms. The van der Waals surface area contributed by atoms with Gasteiger partial charge in [-0.2, -0.15) is 0 Å². The quantitative estimate of drug-likeness (QED) is 0.641. The van der Waals surface area contributed by atoms with Crippen LogP contribution in [-0.4, -0.2) is 16.5 Å². The van der Waals surface area contributed by atoms with E-state index in [1.165, 1.54) is 0 Å². The van der Waals surface area contributed by atoms with Crippen molar-refractivity contribution in [1.82, 2.24) is 0 Å². The molecule has 0 saturated carbocycles. The van der Waals surface area contributed by atoms with Crippen LogP contribution in [0.3, 0.4) is 0 Å². The third kappa shape index (κ3) is 3.87. The maximum Gasteiger partial charge on any atom is 0.233 e. The Bertz CT molecular complexity index is 93.0. The summed E-state index contributed by atoms with van der Waals surface area (Å²) in [6.07, 6.45) is 0.880. The highest BCUT2D eigenvalue weighted by Gasteiger charge is 2.30. The second-order valence-corrected chi connectivity index (χ2v) is 4.00. The average molecular weight is 206 g/mol. The minimum absolute atomic E-state index is 0.401. The molecule has 0 aromatic carbocycles. The van der Waals surface area contributed by atoms with Crippen LogP contribution in [0.15, 0.2) is 0 Å². The summed E-state index contributed by atoms with van der Waals surface area (Å²) >= 11 is 16.9. The van der Waals surface area contributed by atoms with Crippen molar-refractivity contribution in [3.05, 3.63) is 0 Å². The molecule has 1 unspecified atom stereocenters. The highest BCUT2D eigenvalue weighted by molar-refractivity contribution is 6.51. The van der Waals surface area contributed by atoms with Gasteiger partial charge in [0, 0.05) is 6.61 Å². The van der Waals surface area contributed by atoms with E-state index in [4.69, 9.17) is 39.5 Å². The van der Waals surface area contributed by atoms with E-state index in [1.807, 2.05) is 6.92 Å². The fourth-order valence-electron chi connectivity index (χ4n) is 0.353. The highest BCUT2D eigenvalue weighted by Crippen LogP contribution is 2.30. The number of ether oxygens (including phenoxy) is 1. The van der Waals surface area contributed by atoms with Crippen LogP contribution in [0.5, 0.6) is 0 Å². The van der Waals surface area contributed by atoms with Crippen molar-refractivity contribution in [3.63, 3.8) is 0 Å². The zero-order chi connectivity index (χ0) is 8.20. The van der Waals surface area contributed by atoms with Crippen LogP contribution in [0.4, 0.5) is 0 Å². The molecular weight excluding hydrogens is 194 g/mol. The van der Waals surface area contributed by atoms with Crippen molar-refractivity contribution in [3.8, 4) is 0 Å². The molecule has 0 amide bonds. The molecule has 0 N–H and O–H groups in total. The van der Waals surface area contributed by atoms with Crippen LogP contribution < -0.4 is 0 Å². The summed E-state index contributed by atoms with van der Waals surface area (Å²) < 4.78 is 3.80. The zero-order valence-electron chi connectivity index (χ0n) is 6.03. The van der Waals surface area contributed by atoms with Gasteiger partial charge in [0.1, 0.15) is 0 Å². The van der Waals surface area contributed by atoms with E-state index in [-0.39, 0.29) is 0 Å². The van der Waals surface area contributed by atoms with Crippen LogP contribution >= 0.6 is 34.8 Å². The summed E-state index contributed by atoms with van der Waals surface area (Å²) in [5.41, 5.74) is 0. The van der Waals surface area contributed by atoms with Gasteiger partial charge in [-0.15, -0.1) is 11.6 Å². The third-order valence-corrected chi connectivity index (χ3v) is 2.37. The lowest BCUT2D eigenvalue weighted by atomic mass is 10.5. The van der Waals surface area contributed by atoms with E-state index in [0.717, 1.165) is 6.42 Å². The Morgan fingerprint density at radius 1 is 1.50 bits per heavy atom. The van der Waals surface area contributed by atoms with Gasteiger partial charge in [-0.05, 0) is 13.3 Å². The molecule has 0 aromatic heterocycles. The van der Waals surface area contributed by atoms with Gasteiger partial charge < -0.3 is 4.74 Å². The Hall–Kier alpha value is 0.830. The van der Waals surface area contributed by atoms with Gasteiger partial charge in [0.25, 0.3) is 0 Å². The molecule has 0 aliphatic carbocycles. The Labute approximate surface area is 76.6 Å². The Morgan fingerprint density at radius 2 is 2.00 bits per heavy atom. The third-order valence-electron chi connectivity index (χ3n) is 0.962. The van der Waals surface area contributed by atoms with Gasteiger partial charge in [-0.3, -0.25) is 0 Å². The fraction of sp³-hybridized carbons (Fsp3) is 1.00. The van der Waals surface area contributed by atoms with Crippen molar-refractivity contribution < 1.29 is 4.74 Å². The fourth-order valence-corrected chi connectivity index (χ4v) is 0.570. The normalized spacial score (nSPS) is 15.3. The van der Waals surface area contributed by atoms with Crippen LogP contribution in [0.2, 0.25) is 0 Å². The predicted octanol–water partition coefficient (Wildman–Crippen LogP) is 3.17. The maximum absolute atomic E-state index is 5.66. The van der Waals surface area contributed by atoms with Crippen molar-refractivity contribution in [2.75, 3.05) is 6.61 Å². The van der Waals surface area contributed by atoms with Crippen molar-refractivity contribution in [2.45, 2.75) is 30.2 Å². The molecule has 1 atom stereocenters. The Balaban J connectivity index is 3.63. The molecule has 0 radical (unpaired) electrons. The predicted molar refractivity (Wildman–Crippen MR) is 46.0 cm³/mol. The number of hydrogen-bond donors (Lipinski definition) is 0. The largest absolute Gasteiger partial charge is 0.345 e. The summed E-state index contributed by atoms with van der Waals surface area (Å²) in [5, 5.41) is -0.401. The number of alkyl halides is 3. The van der Waals surface area contributed by atoms with E-state index < -0.39 is 9.90 Å². The van der Waals surface area contributed by atoms with E-state index in [9.17, 15) is 0 Å². The molecule has 0 heterocycles. The molecule has 0 aliphatic rings. The average Bonchev–Trinajstić information content (AvgIpc) is 1.84. The molecule has 0 aliphatic heterocycles. The first-order valence-electron chi connectivity index (χ1n) is 3.16. The lowest BCUT2D eigenvalue weighted by molar-refractivity contribution is 0.0784. The van der Waals surface area contributed by atoms with Crippen LogP contribution in [-0.2, 0) is 4.74 Å². The van der Waals surface area contributed by atoms with Crippen molar-refractivity contribution in [1.29, 1.82) is 0 Å². The molecule has 0 spiro atoms.